The summed E-state index contributed by atoms with van der Waals surface area (Å²) in [5.41, 5.74) is 10.5. The van der Waals surface area contributed by atoms with Crippen molar-refractivity contribution >= 4 is 0 Å². The van der Waals surface area contributed by atoms with Crippen LogP contribution in [-0.2, 0) is 0 Å². The lowest BCUT2D eigenvalue weighted by molar-refractivity contribution is 0.512. The highest BCUT2D eigenvalue weighted by Crippen LogP contribution is 2.37. The molecule has 0 aliphatic heterocycles. The quantitative estimate of drug-likeness (QED) is 0.740. The summed E-state index contributed by atoms with van der Waals surface area (Å²) in [5, 5.41) is 0. The molecule has 1 aromatic rings. The molecule has 1 aliphatic rings. The van der Waals surface area contributed by atoms with Crippen LogP contribution in [0.5, 0.6) is 0 Å². The Labute approximate surface area is 92.7 Å². The number of hydrogen-bond acceptors (Lipinski definition) is 1. The predicted octanol–water partition coefficient (Wildman–Crippen LogP) is 3.71. The topological polar surface area (TPSA) is 26.0 Å². The van der Waals surface area contributed by atoms with Crippen molar-refractivity contribution in [1.29, 1.82) is 0 Å². The van der Waals surface area contributed by atoms with Crippen LogP contribution in [0.3, 0.4) is 0 Å². The Morgan fingerprint density at radius 3 is 2.60 bits per heavy atom. The summed E-state index contributed by atoms with van der Waals surface area (Å²) in [6.07, 6.45) is 2.37. The molecule has 0 radical (unpaired) electrons. The first-order valence-electron chi connectivity index (χ1n) is 5.99. The Morgan fingerprint density at radius 1 is 1.20 bits per heavy atom. The molecule has 15 heavy (non-hydrogen) atoms. The van der Waals surface area contributed by atoms with Crippen LogP contribution < -0.4 is 5.73 Å². The first kappa shape index (κ1) is 10.7. The normalized spacial score (nSPS) is 25.4. The highest BCUT2D eigenvalue weighted by molar-refractivity contribution is 5.39. The Balaban J connectivity index is 2.45. The van der Waals surface area contributed by atoms with Gasteiger partial charge < -0.3 is 5.73 Å². The third-order valence-electron chi connectivity index (χ3n) is 3.62. The second-order valence-corrected chi connectivity index (χ2v) is 5.13. The number of rotatable bonds is 1. The highest BCUT2D eigenvalue weighted by atomic mass is 14.6. The van der Waals surface area contributed by atoms with E-state index in [4.69, 9.17) is 5.73 Å². The number of nitrogens with two attached hydrogens (primary N) is 1. The van der Waals surface area contributed by atoms with Crippen molar-refractivity contribution in [3.63, 3.8) is 0 Å². The molecule has 1 nitrogen and oxygen atoms in total. The molecule has 0 aromatic heterocycles. The molecule has 2 rings (SSSR count). The van der Waals surface area contributed by atoms with Crippen molar-refractivity contribution in [2.75, 3.05) is 0 Å². The molecule has 0 bridgehead atoms. The molecular weight excluding hydrogens is 182 g/mol. The van der Waals surface area contributed by atoms with E-state index in [0.29, 0.717) is 11.8 Å². The van der Waals surface area contributed by atoms with E-state index in [2.05, 4.69) is 39.0 Å². The molecule has 2 atom stereocenters. The summed E-state index contributed by atoms with van der Waals surface area (Å²) in [6.45, 7) is 6.78. The van der Waals surface area contributed by atoms with Crippen LogP contribution in [-0.4, -0.2) is 0 Å². The van der Waals surface area contributed by atoms with Gasteiger partial charge in [-0.3, -0.25) is 0 Å². The zero-order valence-electron chi connectivity index (χ0n) is 9.96. The number of fused-ring (bicyclic) bond motifs is 1. The molecule has 0 fully saturated rings. The summed E-state index contributed by atoms with van der Waals surface area (Å²) >= 11 is 0. The Morgan fingerprint density at radius 2 is 1.93 bits per heavy atom. The summed E-state index contributed by atoms with van der Waals surface area (Å²) in [5.74, 6) is 1.28. The van der Waals surface area contributed by atoms with Gasteiger partial charge in [0, 0.05) is 6.04 Å². The minimum Gasteiger partial charge on any atom is -0.324 e. The number of hydrogen-bond donors (Lipinski definition) is 1. The van der Waals surface area contributed by atoms with Crippen molar-refractivity contribution in [3.05, 3.63) is 34.9 Å². The first-order chi connectivity index (χ1) is 7.09. The summed E-state index contributed by atoms with van der Waals surface area (Å²) in [6, 6.07) is 7.13. The maximum absolute atomic E-state index is 6.18. The molecule has 0 amide bonds. The van der Waals surface area contributed by atoms with Crippen molar-refractivity contribution in [2.24, 2.45) is 5.73 Å². The van der Waals surface area contributed by atoms with Gasteiger partial charge in [0.05, 0.1) is 0 Å². The average Bonchev–Trinajstić information content (AvgIpc) is 2.23. The van der Waals surface area contributed by atoms with E-state index in [1.807, 2.05) is 0 Å². The predicted molar refractivity (Wildman–Crippen MR) is 65.1 cm³/mol. The molecule has 2 N–H and O–H groups in total. The first-order valence-corrected chi connectivity index (χ1v) is 5.99. The lowest BCUT2D eigenvalue weighted by Gasteiger charge is -2.28. The summed E-state index contributed by atoms with van der Waals surface area (Å²) < 4.78 is 0. The van der Waals surface area contributed by atoms with Gasteiger partial charge in [0.1, 0.15) is 0 Å². The lowest BCUT2D eigenvalue weighted by Crippen LogP contribution is -2.19. The van der Waals surface area contributed by atoms with Gasteiger partial charge in [-0.2, -0.15) is 0 Å². The highest BCUT2D eigenvalue weighted by Gasteiger charge is 2.22. The fourth-order valence-corrected chi connectivity index (χ4v) is 2.46. The van der Waals surface area contributed by atoms with Crippen LogP contribution in [0.2, 0.25) is 0 Å². The van der Waals surface area contributed by atoms with Crippen LogP contribution in [0.15, 0.2) is 18.2 Å². The van der Waals surface area contributed by atoms with Gasteiger partial charge in [0.15, 0.2) is 0 Å². The van der Waals surface area contributed by atoms with E-state index in [1.54, 1.807) is 0 Å². The molecule has 1 aliphatic carbocycles. The second-order valence-electron chi connectivity index (χ2n) is 5.13. The lowest BCUT2D eigenvalue weighted by atomic mass is 9.80. The third-order valence-corrected chi connectivity index (χ3v) is 3.62. The largest absolute Gasteiger partial charge is 0.324 e. The fraction of sp³-hybridized carbons (Fsp3) is 0.571. The van der Waals surface area contributed by atoms with E-state index in [-0.39, 0.29) is 6.04 Å². The zero-order chi connectivity index (χ0) is 11.0. The molecule has 82 valence electrons. The Bertz CT molecular complexity index is 354. The minimum absolute atomic E-state index is 0.259. The Kier molecular flexibility index (Phi) is 2.83. The van der Waals surface area contributed by atoms with E-state index >= 15 is 0 Å². The molecular formula is C14H21N. The van der Waals surface area contributed by atoms with Crippen molar-refractivity contribution in [3.8, 4) is 0 Å². The zero-order valence-corrected chi connectivity index (χ0v) is 9.96. The van der Waals surface area contributed by atoms with Gasteiger partial charge in [0.25, 0.3) is 0 Å². The Hall–Kier alpha value is -0.820. The smallest absolute Gasteiger partial charge is 0.0297 e. The molecule has 0 saturated heterocycles. The second kappa shape index (κ2) is 3.97. The SMILES string of the molecule is CC(C)c1ccc2c(c1)C(N)CCC2C. The third kappa shape index (κ3) is 1.93. The van der Waals surface area contributed by atoms with Crippen LogP contribution in [0.25, 0.3) is 0 Å². The van der Waals surface area contributed by atoms with Crippen LogP contribution in [0, 0.1) is 0 Å². The van der Waals surface area contributed by atoms with Crippen molar-refractivity contribution < 1.29 is 0 Å². The van der Waals surface area contributed by atoms with Crippen molar-refractivity contribution in [1.82, 2.24) is 0 Å². The average molecular weight is 203 g/mol. The molecule has 2 unspecified atom stereocenters. The van der Waals surface area contributed by atoms with Crippen molar-refractivity contribution in [2.45, 2.75) is 51.5 Å². The fourth-order valence-electron chi connectivity index (χ4n) is 2.46. The maximum Gasteiger partial charge on any atom is 0.0297 e. The summed E-state index contributed by atoms with van der Waals surface area (Å²) in [4.78, 5) is 0. The van der Waals surface area contributed by atoms with Crippen LogP contribution >= 0.6 is 0 Å². The van der Waals surface area contributed by atoms with Crippen LogP contribution in [0.4, 0.5) is 0 Å². The van der Waals surface area contributed by atoms with Gasteiger partial charge in [-0.05, 0) is 41.4 Å². The minimum atomic E-state index is 0.259. The van der Waals surface area contributed by atoms with E-state index in [1.165, 1.54) is 23.1 Å². The number of benzene rings is 1. The van der Waals surface area contributed by atoms with E-state index in [0.717, 1.165) is 6.42 Å². The van der Waals surface area contributed by atoms with Gasteiger partial charge in [-0.15, -0.1) is 0 Å². The monoisotopic (exact) mass is 203 g/mol. The summed E-state index contributed by atoms with van der Waals surface area (Å²) in [7, 11) is 0. The maximum atomic E-state index is 6.18. The van der Waals surface area contributed by atoms with Gasteiger partial charge in [-0.1, -0.05) is 39.0 Å². The standard InChI is InChI=1S/C14H21N/c1-9(2)11-5-6-12-10(3)4-7-14(15)13(12)8-11/h5-6,8-10,14H,4,7,15H2,1-3H3. The van der Waals surface area contributed by atoms with Gasteiger partial charge in [-0.25, -0.2) is 0 Å². The van der Waals surface area contributed by atoms with E-state index < -0.39 is 0 Å². The molecule has 1 heteroatoms. The van der Waals surface area contributed by atoms with Crippen LogP contribution in [0.1, 0.15) is 68.2 Å². The van der Waals surface area contributed by atoms with Gasteiger partial charge in [0.2, 0.25) is 0 Å². The molecule has 0 saturated carbocycles. The molecule has 1 aromatic carbocycles. The molecule has 0 spiro atoms. The molecule has 0 heterocycles. The van der Waals surface area contributed by atoms with Gasteiger partial charge >= 0.3 is 0 Å². The van der Waals surface area contributed by atoms with E-state index in [9.17, 15) is 0 Å².